The largest absolute Gasteiger partial charge is 0.495 e. The van der Waals surface area contributed by atoms with Crippen molar-refractivity contribution in [3.05, 3.63) is 48.3 Å². The van der Waals surface area contributed by atoms with E-state index >= 15 is 0 Å². The number of carbonyl (C=O) groups excluding carboxylic acids is 1. The molecule has 1 saturated heterocycles. The first-order valence-electron chi connectivity index (χ1n) is 8.98. The highest BCUT2D eigenvalue weighted by Crippen LogP contribution is 2.28. The van der Waals surface area contributed by atoms with E-state index in [0.717, 1.165) is 30.2 Å². The van der Waals surface area contributed by atoms with Gasteiger partial charge in [-0.3, -0.25) is 9.78 Å². The molecule has 1 N–H and O–H groups in total. The molecule has 1 aliphatic rings. The number of anilines is 2. The molecule has 26 heavy (non-hydrogen) atoms. The molecule has 1 aromatic carbocycles. The summed E-state index contributed by atoms with van der Waals surface area (Å²) in [5.74, 6) is 0.846. The Kier molecular flexibility index (Phi) is 5.61. The quantitative estimate of drug-likeness (QED) is 0.895. The Hall–Kier alpha value is -2.76. The third-order valence-electron chi connectivity index (χ3n) is 4.43. The number of amides is 1. The highest BCUT2D eigenvalue weighted by molar-refractivity contribution is 5.93. The summed E-state index contributed by atoms with van der Waals surface area (Å²) in [5, 5.41) is 3.31. The van der Waals surface area contributed by atoms with Gasteiger partial charge in [-0.05, 0) is 38.1 Å². The Morgan fingerprint density at radius 3 is 2.58 bits per heavy atom. The van der Waals surface area contributed by atoms with Gasteiger partial charge < -0.3 is 19.9 Å². The predicted molar refractivity (Wildman–Crippen MR) is 104 cm³/mol. The summed E-state index contributed by atoms with van der Waals surface area (Å²) >= 11 is 0. The Morgan fingerprint density at radius 2 is 1.88 bits per heavy atom. The summed E-state index contributed by atoms with van der Waals surface area (Å²) in [6.45, 7) is 7.02. The van der Waals surface area contributed by atoms with Gasteiger partial charge in [0, 0.05) is 44.1 Å². The SMILES string of the molecule is COc1ccccc1N1CCN(C(=O)c2cc(NC(C)C)ccn2)CC1. The highest BCUT2D eigenvalue weighted by atomic mass is 16.5. The van der Waals surface area contributed by atoms with Crippen LogP contribution >= 0.6 is 0 Å². The van der Waals surface area contributed by atoms with E-state index in [1.54, 1.807) is 13.3 Å². The van der Waals surface area contributed by atoms with E-state index in [1.807, 2.05) is 35.2 Å². The summed E-state index contributed by atoms with van der Waals surface area (Å²) in [5.41, 5.74) is 2.48. The lowest BCUT2D eigenvalue weighted by molar-refractivity contribution is 0.0741. The van der Waals surface area contributed by atoms with Crippen LogP contribution in [0, 0.1) is 0 Å². The minimum Gasteiger partial charge on any atom is -0.495 e. The normalized spacial score (nSPS) is 14.5. The average Bonchev–Trinajstić information content (AvgIpc) is 2.67. The molecule has 0 bridgehead atoms. The smallest absolute Gasteiger partial charge is 0.272 e. The summed E-state index contributed by atoms with van der Waals surface area (Å²) in [7, 11) is 1.68. The van der Waals surface area contributed by atoms with E-state index in [-0.39, 0.29) is 5.91 Å². The first-order chi connectivity index (χ1) is 12.6. The number of benzene rings is 1. The zero-order chi connectivity index (χ0) is 18.5. The van der Waals surface area contributed by atoms with Crippen LogP contribution in [0.4, 0.5) is 11.4 Å². The van der Waals surface area contributed by atoms with Gasteiger partial charge in [-0.2, -0.15) is 0 Å². The molecular formula is C20H26N4O2. The number of nitrogens with zero attached hydrogens (tertiary/aromatic N) is 3. The minimum atomic E-state index is -0.0166. The average molecular weight is 354 g/mol. The Morgan fingerprint density at radius 1 is 1.15 bits per heavy atom. The van der Waals surface area contributed by atoms with Gasteiger partial charge in [-0.1, -0.05) is 12.1 Å². The van der Waals surface area contributed by atoms with Gasteiger partial charge in [0.1, 0.15) is 11.4 Å². The molecule has 0 aliphatic carbocycles. The number of rotatable bonds is 5. The Labute approximate surface area is 154 Å². The molecule has 0 saturated carbocycles. The van der Waals surface area contributed by atoms with Gasteiger partial charge in [-0.25, -0.2) is 0 Å². The molecule has 1 aliphatic heterocycles. The topological polar surface area (TPSA) is 57.7 Å². The van der Waals surface area contributed by atoms with Gasteiger partial charge in [0.15, 0.2) is 0 Å². The van der Waals surface area contributed by atoms with Crippen molar-refractivity contribution in [2.45, 2.75) is 19.9 Å². The van der Waals surface area contributed by atoms with Crippen LogP contribution in [-0.2, 0) is 0 Å². The third-order valence-corrected chi connectivity index (χ3v) is 4.43. The number of ether oxygens (including phenoxy) is 1. The monoisotopic (exact) mass is 354 g/mol. The van der Waals surface area contributed by atoms with Gasteiger partial charge in [-0.15, -0.1) is 0 Å². The van der Waals surface area contributed by atoms with Crippen molar-refractivity contribution in [1.29, 1.82) is 0 Å². The first-order valence-corrected chi connectivity index (χ1v) is 8.98. The summed E-state index contributed by atoms with van der Waals surface area (Å²) in [4.78, 5) is 21.2. The number of piperazine rings is 1. The summed E-state index contributed by atoms with van der Waals surface area (Å²) < 4.78 is 5.45. The standard InChI is InChI=1S/C20H26N4O2/c1-15(2)22-16-8-9-21-17(14-16)20(25)24-12-10-23(11-13-24)18-6-4-5-7-19(18)26-3/h4-9,14-15H,10-13H2,1-3H3,(H,21,22). The number of aromatic nitrogens is 1. The van der Waals surface area contributed by atoms with Crippen LogP contribution in [0.15, 0.2) is 42.6 Å². The molecule has 1 aromatic heterocycles. The minimum absolute atomic E-state index is 0.0166. The molecular weight excluding hydrogens is 328 g/mol. The van der Waals surface area contributed by atoms with E-state index < -0.39 is 0 Å². The van der Waals surface area contributed by atoms with Crippen molar-refractivity contribution >= 4 is 17.3 Å². The number of hydrogen-bond donors (Lipinski definition) is 1. The molecule has 3 rings (SSSR count). The van der Waals surface area contributed by atoms with Crippen molar-refractivity contribution < 1.29 is 9.53 Å². The lowest BCUT2D eigenvalue weighted by Crippen LogP contribution is -2.49. The van der Waals surface area contributed by atoms with Gasteiger partial charge in [0.25, 0.3) is 5.91 Å². The van der Waals surface area contributed by atoms with E-state index in [1.165, 1.54) is 0 Å². The fraction of sp³-hybridized carbons (Fsp3) is 0.400. The second-order valence-corrected chi connectivity index (χ2v) is 6.68. The van der Waals surface area contributed by atoms with Crippen molar-refractivity contribution in [3.8, 4) is 5.75 Å². The van der Waals surface area contributed by atoms with Gasteiger partial charge in [0.2, 0.25) is 0 Å². The van der Waals surface area contributed by atoms with Crippen LogP contribution in [0.1, 0.15) is 24.3 Å². The van der Waals surface area contributed by atoms with E-state index in [9.17, 15) is 4.79 Å². The maximum atomic E-state index is 12.8. The molecule has 2 heterocycles. The number of pyridine rings is 1. The van der Waals surface area contributed by atoms with Crippen LogP contribution in [-0.4, -0.2) is 55.1 Å². The second-order valence-electron chi connectivity index (χ2n) is 6.68. The Bertz CT molecular complexity index is 755. The zero-order valence-electron chi connectivity index (χ0n) is 15.6. The van der Waals surface area contributed by atoms with Crippen LogP contribution < -0.4 is 15.0 Å². The number of nitrogens with one attached hydrogen (secondary N) is 1. The molecule has 2 aromatic rings. The van der Waals surface area contributed by atoms with E-state index in [0.29, 0.717) is 24.8 Å². The molecule has 1 fully saturated rings. The zero-order valence-corrected chi connectivity index (χ0v) is 15.6. The van der Waals surface area contributed by atoms with Gasteiger partial charge >= 0.3 is 0 Å². The van der Waals surface area contributed by atoms with Crippen LogP contribution in [0.3, 0.4) is 0 Å². The molecule has 0 radical (unpaired) electrons. The lowest BCUT2D eigenvalue weighted by Gasteiger charge is -2.36. The van der Waals surface area contributed by atoms with Crippen LogP contribution in [0.5, 0.6) is 5.75 Å². The second kappa shape index (κ2) is 8.08. The third kappa shape index (κ3) is 4.07. The van der Waals surface area contributed by atoms with E-state index in [4.69, 9.17) is 4.74 Å². The molecule has 138 valence electrons. The fourth-order valence-electron chi connectivity index (χ4n) is 3.17. The fourth-order valence-corrected chi connectivity index (χ4v) is 3.17. The summed E-state index contributed by atoms with van der Waals surface area (Å²) in [6.07, 6.45) is 1.68. The first kappa shape index (κ1) is 18.0. The predicted octanol–water partition coefficient (Wildman–Crippen LogP) is 2.87. The van der Waals surface area contributed by atoms with Gasteiger partial charge in [0.05, 0.1) is 12.8 Å². The lowest BCUT2D eigenvalue weighted by atomic mass is 10.2. The van der Waals surface area contributed by atoms with Crippen molar-refractivity contribution in [2.24, 2.45) is 0 Å². The molecule has 0 spiro atoms. The molecule has 0 unspecified atom stereocenters. The number of methoxy groups -OCH3 is 1. The molecule has 1 amide bonds. The molecule has 0 atom stereocenters. The highest BCUT2D eigenvalue weighted by Gasteiger charge is 2.24. The van der Waals surface area contributed by atoms with Crippen LogP contribution in [0.2, 0.25) is 0 Å². The summed E-state index contributed by atoms with van der Waals surface area (Å²) in [6, 6.07) is 12.0. The van der Waals surface area contributed by atoms with Crippen molar-refractivity contribution in [2.75, 3.05) is 43.5 Å². The van der Waals surface area contributed by atoms with E-state index in [2.05, 4.69) is 35.1 Å². The molecule has 6 heteroatoms. The Balaban J connectivity index is 1.65. The maximum Gasteiger partial charge on any atom is 0.272 e. The maximum absolute atomic E-state index is 12.8. The number of carbonyl (C=O) groups is 1. The number of para-hydroxylation sites is 2. The van der Waals surface area contributed by atoms with Crippen molar-refractivity contribution in [1.82, 2.24) is 9.88 Å². The van der Waals surface area contributed by atoms with Crippen LogP contribution in [0.25, 0.3) is 0 Å². The van der Waals surface area contributed by atoms with Crippen molar-refractivity contribution in [3.63, 3.8) is 0 Å². The number of hydrogen-bond acceptors (Lipinski definition) is 5. The molecule has 6 nitrogen and oxygen atoms in total.